The molecule has 0 aromatic heterocycles. The zero-order valence-electron chi connectivity index (χ0n) is 7.62. The summed E-state index contributed by atoms with van der Waals surface area (Å²) in [6, 6.07) is 8.98. The van der Waals surface area contributed by atoms with E-state index in [4.69, 9.17) is 16.9 Å². The number of carbonyl (C=O) groups excluding carboxylic acids is 1. The molecule has 0 bridgehead atoms. The monoisotopic (exact) mass is 205 g/mol. The molecule has 0 saturated carbocycles. The van der Waals surface area contributed by atoms with Gasteiger partial charge in [-0.2, -0.15) is 5.26 Å². The quantitative estimate of drug-likeness (QED) is 0.550. The van der Waals surface area contributed by atoms with Crippen LogP contribution in [0.2, 0.25) is 0 Å². The third kappa shape index (κ3) is 2.72. The number of hydrogen-bond acceptors (Lipinski definition) is 2. The highest BCUT2D eigenvalue weighted by Gasteiger charge is 1.98. The van der Waals surface area contributed by atoms with Gasteiger partial charge in [0.25, 0.3) is 0 Å². The SMILES string of the molecule is CC(=CC(=O)Cl)c1ccc(C#N)cc1. The van der Waals surface area contributed by atoms with Crippen LogP contribution in [0.25, 0.3) is 5.57 Å². The summed E-state index contributed by atoms with van der Waals surface area (Å²) in [5.74, 6) is 0. The Morgan fingerprint density at radius 1 is 1.43 bits per heavy atom. The van der Waals surface area contributed by atoms with Crippen molar-refractivity contribution in [3.05, 3.63) is 41.5 Å². The van der Waals surface area contributed by atoms with Crippen LogP contribution in [0.5, 0.6) is 0 Å². The van der Waals surface area contributed by atoms with Gasteiger partial charge in [0, 0.05) is 6.08 Å². The van der Waals surface area contributed by atoms with Crippen molar-refractivity contribution in [2.24, 2.45) is 0 Å². The number of benzene rings is 1. The summed E-state index contributed by atoms with van der Waals surface area (Å²) in [5, 5.41) is 8.08. The largest absolute Gasteiger partial charge is 0.276 e. The predicted molar refractivity (Wildman–Crippen MR) is 55.7 cm³/mol. The average molecular weight is 206 g/mol. The summed E-state index contributed by atoms with van der Waals surface area (Å²) in [6.07, 6.45) is 1.35. The summed E-state index contributed by atoms with van der Waals surface area (Å²) in [7, 11) is 0. The van der Waals surface area contributed by atoms with Crippen molar-refractivity contribution in [1.29, 1.82) is 5.26 Å². The van der Waals surface area contributed by atoms with E-state index in [1.165, 1.54) is 6.08 Å². The smallest absolute Gasteiger partial charge is 0.245 e. The Morgan fingerprint density at radius 2 is 2.00 bits per heavy atom. The molecular weight excluding hydrogens is 198 g/mol. The standard InChI is InChI=1S/C11H8ClNO/c1-8(6-11(12)14)10-4-2-9(7-13)3-5-10/h2-6H,1H3. The molecule has 0 atom stereocenters. The lowest BCUT2D eigenvalue weighted by molar-refractivity contribution is -0.107. The third-order valence-electron chi connectivity index (χ3n) is 1.80. The van der Waals surface area contributed by atoms with E-state index < -0.39 is 5.24 Å². The molecule has 0 aliphatic carbocycles. The van der Waals surface area contributed by atoms with Crippen LogP contribution < -0.4 is 0 Å². The second-order valence-electron chi connectivity index (χ2n) is 2.82. The molecule has 0 aliphatic heterocycles. The molecule has 0 unspecified atom stereocenters. The van der Waals surface area contributed by atoms with Crippen molar-refractivity contribution < 1.29 is 4.79 Å². The van der Waals surface area contributed by atoms with Gasteiger partial charge < -0.3 is 0 Å². The molecule has 0 fully saturated rings. The molecule has 0 N–H and O–H groups in total. The van der Waals surface area contributed by atoms with Crippen molar-refractivity contribution in [1.82, 2.24) is 0 Å². The van der Waals surface area contributed by atoms with Gasteiger partial charge in [0.15, 0.2) is 0 Å². The van der Waals surface area contributed by atoms with E-state index in [0.29, 0.717) is 5.56 Å². The van der Waals surface area contributed by atoms with Gasteiger partial charge in [-0.05, 0) is 41.8 Å². The van der Waals surface area contributed by atoms with Gasteiger partial charge >= 0.3 is 0 Å². The summed E-state index contributed by atoms with van der Waals surface area (Å²) in [4.78, 5) is 10.6. The molecule has 0 saturated heterocycles. The van der Waals surface area contributed by atoms with Crippen LogP contribution in [-0.4, -0.2) is 5.24 Å². The van der Waals surface area contributed by atoms with E-state index in [2.05, 4.69) is 0 Å². The topological polar surface area (TPSA) is 40.9 Å². The lowest BCUT2D eigenvalue weighted by atomic mass is 10.1. The summed E-state index contributed by atoms with van der Waals surface area (Å²) < 4.78 is 0. The fourth-order valence-corrected chi connectivity index (χ4v) is 1.22. The summed E-state index contributed by atoms with van der Waals surface area (Å²) >= 11 is 5.21. The van der Waals surface area contributed by atoms with Crippen LogP contribution in [0.15, 0.2) is 30.3 Å². The predicted octanol–water partition coefficient (Wildman–Crippen LogP) is 2.73. The maximum atomic E-state index is 10.6. The molecule has 1 aromatic rings. The maximum Gasteiger partial charge on any atom is 0.245 e. The van der Waals surface area contributed by atoms with E-state index in [9.17, 15) is 4.79 Å². The van der Waals surface area contributed by atoms with Crippen molar-refractivity contribution in [2.45, 2.75) is 6.92 Å². The number of rotatable bonds is 2. The van der Waals surface area contributed by atoms with Crippen molar-refractivity contribution >= 4 is 22.4 Å². The third-order valence-corrected chi connectivity index (χ3v) is 1.91. The van der Waals surface area contributed by atoms with Crippen molar-refractivity contribution in [2.75, 3.05) is 0 Å². The van der Waals surface area contributed by atoms with Gasteiger partial charge in [-0.25, -0.2) is 0 Å². The molecule has 70 valence electrons. The number of hydrogen-bond donors (Lipinski definition) is 0. The first-order valence-electron chi connectivity index (χ1n) is 4.02. The Kier molecular flexibility index (Phi) is 3.44. The minimum Gasteiger partial charge on any atom is -0.276 e. The molecule has 1 aromatic carbocycles. The first-order chi connectivity index (χ1) is 6.63. The number of nitriles is 1. The fourth-order valence-electron chi connectivity index (χ4n) is 1.06. The minimum absolute atomic E-state index is 0.494. The molecule has 0 radical (unpaired) electrons. The van der Waals surface area contributed by atoms with Crippen molar-refractivity contribution in [3.63, 3.8) is 0 Å². The van der Waals surface area contributed by atoms with Crippen LogP contribution in [0.4, 0.5) is 0 Å². The van der Waals surface area contributed by atoms with Crippen LogP contribution in [0.3, 0.4) is 0 Å². The molecule has 2 nitrogen and oxygen atoms in total. The summed E-state index contributed by atoms with van der Waals surface area (Å²) in [6.45, 7) is 1.79. The molecule has 0 heterocycles. The highest BCUT2D eigenvalue weighted by Crippen LogP contribution is 2.14. The van der Waals surface area contributed by atoms with Gasteiger partial charge in [-0.15, -0.1) is 0 Å². The van der Waals surface area contributed by atoms with Gasteiger partial charge in [-0.3, -0.25) is 4.79 Å². The molecule has 0 spiro atoms. The van der Waals surface area contributed by atoms with E-state index in [0.717, 1.165) is 11.1 Å². The van der Waals surface area contributed by atoms with E-state index in [1.54, 1.807) is 31.2 Å². The van der Waals surface area contributed by atoms with E-state index in [1.807, 2.05) is 6.07 Å². The minimum atomic E-state index is -0.494. The Bertz CT molecular complexity index is 412. The highest BCUT2D eigenvalue weighted by molar-refractivity contribution is 6.66. The van der Waals surface area contributed by atoms with Crippen LogP contribution in [-0.2, 0) is 4.79 Å². The lowest BCUT2D eigenvalue weighted by Crippen LogP contribution is -1.84. The fraction of sp³-hybridized carbons (Fsp3) is 0.0909. The average Bonchev–Trinajstić information content (AvgIpc) is 2.17. The Morgan fingerprint density at radius 3 is 2.43 bits per heavy atom. The first kappa shape index (κ1) is 10.5. The number of carbonyl (C=O) groups is 1. The number of allylic oxidation sites excluding steroid dienone is 2. The molecule has 3 heteroatoms. The zero-order valence-corrected chi connectivity index (χ0v) is 8.38. The van der Waals surface area contributed by atoms with Gasteiger partial charge in [0.1, 0.15) is 0 Å². The normalized spacial score (nSPS) is 10.8. The lowest BCUT2D eigenvalue weighted by Gasteiger charge is -1.99. The van der Waals surface area contributed by atoms with Crippen molar-refractivity contribution in [3.8, 4) is 6.07 Å². The number of nitrogens with zero attached hydrogens (tertiary/aromatic N) is 1. The maximum absolute atomic E-state index is 10.6. The molecular formula is C11H8ClNO. The zero-order chi connectivity index (χ0) is 10.6. The summed E-state index contributed by atoms with van der Waals surface area (Å²) in [5.41, 5.74) is 2.27. The first-order valence-corrected chi connectivity index (χ1v) is 4.39. The molecule has 0 aliphatic rings. The van der Waals surface area contributed by atoms with Gasteiger partial charge in [0.2, 0.25) is 5.24 Å². The Balaban J connectivity index is 2.99. The highest BCUT2D eigenvalue weighted by atomic mass is 35.5. The molecule has 1 rings (SSSR count). The Hall–Kier alpha value is -1.59. The second kappa shape index (κ2) is 4.59. The Labute approximate surface area is 87.4 Å². The van der Waals surface area contributed by atoms with E-state index in [-0.39, 0.29) is 0 Å². The number of halogens is 1. The second-order valence-corrected chi connectivity index (χ2v) is 3.19. The molecule has 14 heavy (non-hydrogen) atoms. The van der Waals surface area contributed by atoms with Gasteiger partial charge in [-0.1, -0.05) is 12.1 Å². The van der Waals surface area contributed by atoms with Gasteiger partial charge in [0.05, 0.1) is 11.6 Å². The van der Waals surface area contributed by atoms with Crippen LogP contribution in [0, 0.1) is 11.3 Å². The van der Waals surface area contributed by atoms with Crippen LogP contribution in [0.1, 0.15) is 18.1 Å². The van der Waals surface area contributed by atoms with E-state index >= 15 is 0 Å². The van der Waals surface area contributed by atoms with Crippen LogP contribution >= 0.6 is 11.6 Å². The molecule has 0 amide bonds.